The summed E-state index contributed by atoms with van der Waals surface area (Å²) in [6, 6.07) is 11.9. The molecule has 0 amide bonds. The van der Waals surface area contributed by atoms with Crippen molar-refractivity contribution in [2.75, 3.05) is 25.0 Å². The van der Waals surface area contributed by atoms with E-state index in [0.29, 0.717) is 6.54 Å². The minimum Gasteiger partial charge on any atom is -0.480 e. The van der Waals surface area contributed by atoms with E-state index in [1.165, 1.54) is 17.7 Å². The molecule has 0 spiro atoms. The van der Waals surface area contributed by atoms with Gasteiger partial charge in [-0.15, -0.1) is 0 Å². The van der Waals surface area contributed by atoms with Crippen LogP contribution in [0, 0.1) is 0 Å². The number of ether oxygens (including phenoxy) is 1. The van der Waals surface area contributed by atoms with Gasteiger partial charge in [0.05, 0.1) is 6.10 Å². The molecule has 1 aromatic carbocycles. The summed E-state index contributed by atoms with van der Waals surface area (Å²) in [5.41, 5.74) is 4.43. The molecule has 4 heterocycles. The first-order valence-electron chi connectivity index (χ1n) is 12.4. The number of hydrogen-bond acceptors (Lipinski definition) is 5. The van der Waals surface area contributed by atoms with Crippen LogP contribution in [0.2, 0.25) is 0 Å². The second-order valence-corrected chi connectivity index (χ2v) is 10.3. The average Bonchev–Trinajstić information content (AvgIpc) is 2.78. The zero-order chi connectivity index (χ0) is 23.0. The van der Waals surface area contributed by atoms with Crippen LogP contribution in [0.4, 0.5) is 5.82 Å². The number of aliphatic carboxylic acids is 1. The standard InChI is InChI=1S/C27H35N3O3/c1-27(2)21-12-6-5-11-20(21)23(26(31)32)30-17-22(24(27)30)33-16-7-3-4-10-19-14-13-18-9-8-15-28-25(18)29-19/h5-6,11-14,22-24H,3-4,7-10,15-17H2,1-2H3,(H,28,29)(H,31,32). The summed E-state index contributed by atoms with van der Waals surface area (Å²) >= 11 is 0. The maximum Gasteiger partial charge on any atom is 0.325 e. The van der Waals surface area contributed by atoms with E-state index < -0.39 is 12.0 Å². The number of pyridine rings is 1. The number of carbonyl (C=O) groups is 1. The van der Waals surface area contributed by atoms with E-state index in [2.05, 4.69) is 42.3 Å². The van der Waals surface area contributed by atoms with Crippen LogP contribution in [-0.2, 0) is 27.8 Å². The third-order valence-electron chi connectivity index (χ3n) is 7.72. The highest BCUT2D eigenvalue weighted by molar-refractivity contribution is 5.77. The molecule has 0 aliphatic carbocycles. The second kappa shape index (κ2) is 9.07. The number of unbranched alkanes of at least 4 members (excludes halogenated alkanes) is 2. The zero-order valence-corrected chi connectivity index (χ0v) is 19.7. The molecule has 2 aromatic rings. The van der Waals surface area contributed by atoms with E-state index in [9.17, 15) is 9.90 Å². The SMILES string of the molecule is CC1(C)c2ccccc2C(C(=O)O)N2CC(OCCCCCc3ccc4c(n3)NCCC4)C21. The number of rotatable bonds is 8. The van der Waals surface area contributed by atoms with Crippen LogP contribution < -0.4 is 5.32 Å². The molecular weight excluding hydrogens is 414 g/mol. The van der Waals surface area contributed by atoms with Gasteiger partial charge in [-0.1, -0.05) is 50.6 Å². The largest absolute Gasteiger partial charge is 0.480 e. The first-order chi connectivity index (χ1) is 16.0. The summed E-state index contributed by atoms with van der Waals surface area (Å²) in [6.45, 7) is 6.88. The molecule has 33 heavy (non-hydrogen) atoms. The molecule has 3 atom stereocenters. The van der Waals surface area contributed by atoms with Crippen LogP contribution in [0.5, 0.6) is 0 Å². The first kappa shape index (κ1) is 22.4. The number of carboxylic acids is 1. The number of anilines is 1. The minimum atomic E-state index is -0.771. The quantitative estimate of drug-likeness (QED) is 0.584. The molecule has 6 nitrogen and oxygen atoms in total. The highest BCUT2D eigenvalue weighted by Gasteiger charge is 2.57. The molecule has 0 radical (unpaired) electrons. The van der Waals surface area contributed by atoms with E-state index >= 15 is 0 Å². The van der Waals surface area contributed by atoms with E-state index in [-0.39, 0.29) is 17.6 Å². The lowest BCUT2D eigenvalue weighted by Gasteiger charge is -2.60. The van der Waals surface area contributed by atoms with Crippen LogP contribution in [0.15, 0.2) is 36.4 Å². The third-order valence-corrected chi connectivity index (χ3v) is 7.72. The van der Waals surface area contributed by atoms with Crippen LogP contribution >= 0.6 is 0 Å². The van der Waals surface area contributed by atoms with Crippen molar-refractivity contribution in [1.82, 2.24) is 9.88 Å². The van der Waals surface area contributed by atoms with Crippen molar-refractivity contribution in [2.24, 2.45) is 0 Å². The molecule has 6 heteroatoms. The highest BCUT2D eigenvalue weighted by atomic mass is 16.5. The van der Waals surface area contributed by atoms with Crippen molar-refractivity contribution in [2.45, 2.75) is 76.0 Å². The fourth-order valence-electron chi connectivity index (χ4n) is 6.05. The molecular formula is C27H35N3O3. The van der Waals surface area contributed by atoms with Gasteiger partial charge in [-0.2, -0.15) is 0 Å². The Kier molecular flexibility index (Phi) is 6.14. The van der Waals surface area contributed by atoms with Crippen molar-refractivity contribution >= 4 is 11.8 Å². The summed E-state index contributed by atoms with van der Waals surface area (Å²) in [6.07, 6.45) is 6.64. The Morgan fingerprint density at radius 2 is 2.06 bits per heavy atom. The van der Waals surface area contributed by atoms with Gasteiger partial charge in [-0.25, -0.2) is 4.98 Å². The molecule has 176 valence electrons. The van der Waals surface area contributed by atoms with Gasteiger partial charge in [-0.3, -0.25) is 9.69 Å². The lowest BCUT2D eigenvalue weighted by Crippen LogP contribution is -2.71. The summed E-state index contributed by atoms with van der Waals surface area (Å²) in [4.78, 5) is 19.0. The van der Waals surface area contributed by atoms with Crippen molar-refractivity contribution in [1.29, 1.82) is 0 Å². The number of nitrogens with one attached hydrogen (secondary N) is 1. The average molecular weight is 450 g/mol. The summed E-state index contributed by atoms with van der Waals surface area (Å²) in [7, 11) is 0. The van der Waals surface area contributed by atoms with Gasteiger partial charge in [0.2, 0.25) is 0 Å². The minimum absolute atomic E-state index is 0.0867. The predicted octanol–water partition coefficient (Wildman–Crippen LogP) is 4.34. The number of carboxylic acid groups (broad SMARTS) is 1. The number of benzene rings is 1. The van der Waals surface area contributed by atoms with Gasteiger partial charge in [0.1, 0.15) is 11.9 Å². The fourth-order valence-corrected chi connectivity index (χ4v) is 6.05. The van der Waals surface area contributed by atoms with Gasteiger partial charge in [0.15, 0.2) is 0 Å². The van der Waals surface area contributed by atoms with E-state index in [1.807, 2.05) is 18.2 Å². The molecule has 1 saturated heterocycles. The lowest BCUT2D eigenvalue weighted by atomic mass is 9.64. The predicted molar refractivity (Wildman–Crippen MR) is 129 cm³/mol. The number of aromatic nitrogens is 1. The van der Waals surface area contributed by atoms with E-state index in [0.717, 1.165) is 62.2 Å². The molecule has 5 rings (SSSR count). The van der Waals surface area contributed by atoms with Gasteiger partial charge < -0.3 is 15.2 Å². The van der Waals surface area contributed by atoms with Gasteiger partial charge in [0, 0.05) is 36.8 Å². The Morgan fingerprint density at radius 3 is 2.91 bits per heavy atom. The lowest BCUT2D eigenvalue weighted by molar-refractivity contribution is -0.174. The second-order valence-electron chi connectivity index (χ2n) is 10.3. The zero-order valence-electron chi connectivity index (χ0n) is 19.7. The molecule has 3 aliphatic rings. The van der Waals surface area contributed by atoms with Crippen LogP contribution in [-0.4, -0.2) is 52.8 Å². The normalized spacial score (nSPS) is 25.2. The molecule has 0 saturated carbocycles. The fraction of sp³-hybridized carbons (Fsp3) is 0.556. The first-order valence-corrected chi connectivity index (χ1v) is 12.4. The Bertz CT molecular complexity index is 1020. The Labute approximate surface area is 196 Å². The van der Waals surface area contributed by atoms with E-state index in [1.54, 1.807) is 0 Å². The van der Waals surface area contributed by atoms with Gasteiger partial charge >= 0.3 is 5.97 Å². The maximum atomic E-state index is 12.1. The van der Waals surface area contributed by atoms with Crippen molar-refractivity contribution in [3.05, 3.63) is 58.8 Å². The third kappa shape index (κ3) is 4.15. The van der Waals surface area contributed by atoms with Crippen LogP contribution in [0.3, 0.4) is 0 Å². The molecule has 3 aliphatic heterocycles. The van der Waals surface area contributed by atoms with Crippen molar-refractivity contribution < 1.29 is 14.6 Å². The molecule has 3 unspecified atom stereocenters. The molecule has 1 fully saturated rings. The topological polar surface area (TPSA) is 74.7 Å². The number of fused-ring (bicyclic) bond motifs is 3. The van der Waals surface area contributed by atoms with Crippen molar-refractivity contribution in [3.63, 3.8) is 0 Å². The Balaban J connectivity index is 1.11. The number of aryl methyl sites for hydroxylation is 2. The number of nitrogens with zero attached hydrogens (tertiary/aromatic N) is 2. The smallest absolute Gasteiger partial charge is 0.325 e. The van der Waals surface area contributed by atoms with Crippen molar-refractivity contribution in [3.8, 4) is 0 Å². The molecule has 2 N–H and O–H groups in total. The molecule has 0 bridgehead atoms. The van der Waals surface area contributed by atoms with Crippen LogP contribution in [0.1, 0.15) is 68.0 Å². The van der Waals surface area contributed by atoms with Gasteiger partial charge in [-0.05, 0) is 54.9 Å². The summed E-state index contributed by atoms with van der Waals surface area (Å²) in [5, 5.41) is 13.3. The highest BCUT2D eigenvalue weighted by Crippen LogP contribution is 2.50. The number of hydrogen-bond donors (Lipinski definition) is 2. The Morgan fingerprint density at radius 1 is 1.21 bits per heavy atom. The summed E-state index contributed by atoms with van der Waals surface area (Å²) in [5.74, 6) is 0.306. The van der Waals surface area contributed by atoms with Crippen LogP contribution in [0.25, 0.3) is 0 Å². The summed E-state index contributed by atoms with van der Waals surface area (Å²) < 4.78 is 6.29. The maximum absolute atomic E-state index is 12.1. The molecule has 1 aromatic heterocycles. The van der Waals surface area contributed by atoms with Gasteiger partial charge in [0.25, 0.3) is 0 Å². The monoisotopic (exact) mass is 449 g/mol. The Hall–Kier alpha value is -2.44. The van der Waals surface area contributed by atoms with E-state index in [4.69, 9.17) is 9.72 Å².